The van der Waals surface area contributed by atoms with Crippen LogP contribution in [0.1, 0.15) is 6.92 Å². The first-order chi connectivity index (χ1) is 13.4. The van der Waals surface area contributed by atoms with Crippen LogP contribution in [0.3, 0.4) is 0 Å². The molecule has 1 unspecified atom stereocenters. The number of amides is 1. The molecule has 0 aliphatic carbocycles. The maximum atomic E-state index is 12.4. The molecule has 11 heteroatoms. The van der Waals surface area contributed by atoms with Crippen LogP contribution in [-0.4, -0.2) is 33.4 Å². The lowest BCUT2D eigenvalue weighted by molar-refractivity contribution is -0.115. The zero-order chi connectivity index (χ0) is 20.1. The molecular weight excluding hydrogens is 441 g/mol. The lowest BCUT2D eigenvalue weighted by Crippen LogP contribution is -2.23. The van der Waals surface area contributed by atoms with E-state index in [1.54, 1.807) is 14.0 Å². The van der Waals surface area contributed by atoms with E-state index in [1.807, 2.05) is 24.3 Å². The van der Waals surface area contributed by atoms with Gasteiger partial charge in [0.15, 0.2) is 10.2 Å². The van der Waals surface area contributed by atoms with Crippen LogP contribution in [0.4, 0.5) is 16.6 Å². The van der Waals surface area contributed by atoms with Gasteiger partial charge < -0.3 is 15.4 Å². The van der Waals surface area contributed by atoms with E-state index in [1.165, 1.54) is 35.4 Å². The number of nitrogens with zero attached hydrogens (tertiary/aromatic N) is 3. The van der Waals surface area contributed by atoms with Gasteiger partial charge in [-0.15, -0.1) is 10.2 Å². The number of ether oxygens (including phenoxy) is 1. The molecule has 1 atom stereocenters. The Morgan fingerprint density at radius 2 is 2.00 bits per heavy atom. The fourth-order valence-corrected chi connectivity index (χ4v) is 4.38. The van der Waals surface area contributed by atoms with E-state index in [-0.39, 0.29) is 16.7 Å². The molecule has 0 aliphatic rings. The number of hydrogen-bond acceptors (Lipinski definition) is 8. The van der Waals surface area contributed by atoms with E-state index in [0.29, 0.717) is 14.5 Å². The molecule has 2 N–H and O–H groups in total. The van der Waals surface area contributed by atoms with Crippen molar-refractivity contribution in [1.82, 2.24) is 15.2 Å². The van der Waals surface area contributed by atoms with Gasteiger partial charge >= 0.3 is 0 Å². The van der Waals surface area contributed by atoms with Crippen LogP contribution >= 0.6 is 46.3 Å². The van der Waals surface area contributed by atoms with Crippen molar-refractivity contribution in [3.05, 3.63) is 46.6 Å². The number of methoxy groups -OCH3 is 1. The van der Waals surface area contributed by atoms with Crippen molar-refractivity contribution in [2.75, 3.05) is 17.7 Å². The second-order valence-electron chi connectivity index (χ2n) is 5.46. The standard InChI is InChI=1S/C17H15Cl2N5O2S2/c1-9(15(25)22-14-13(19)7-10(18)8-20-14)27-17-24-23-16(28-17)21-11-3-5-12(26-2)6-4-11/h3-9H,1-2H3,(H,21,23)(H,20,22,25). The number of anilines is 3. The number of hydrogen-bond donors (Lipinski definition) is 2. The third kappa shape index (κ3) is 5.48. The number of carbonyl (C=O) groups excluding carboxylic acids is 1. The van der Waals surface area contributed by atoms with E-state index < -0.39 is 5.25 Å². The van der Waals surface area contributed by atoms with Gasteiger partial charge in [0.05, 0.1) is 22.4 Å². The molecule has 0 spiro atoms. The predicted octanol–water partition coefficient (Wildman–Crippen LogP) is 5.11. The predicted molar refractivity (Wildman–Crippen MR) is 114 cm³/mol. The Morgan fingerprint density at radius 3 is 2.68 bits per heavy atom. The van der Waals surface area contributed by atoms with Gasteiger partial charge in [0.1, 0.15) is 5.75 Å². The maximum Gasteiger partial charge on any atom is 0.238 e. The molecule has 3 aromatic rings. The Labute approximate surface area is 179 Å². The molecule has 1 aromatic carbocycles. The highest BCUT2D eigenvalue weighted by atomic mass is 35.5. The number of thioether (sulfide) groups is 1. The fraction of sp³-hybridized carbons (Fsp3) is 0.176. The van der Waals surface area contributed by atoms with E-state index in [0.717, 1.165) is 11.4 Å². The summed E-state index contributed by atoms with van der Waals surface area (Å²) in [5, 5.41) is 14.9. The van der Waals surface area contributed by atoms with Crippen molar-refractivity contribution < 1.29 is 9.53 Å². The van der Waals surface area contributed by atoms with Gasteiger partial charge in [0, 0.05) is 11.9 Å². The summed E-state index contributed by atoms with van der Waals surface area (Å²) in [6.45, 7) is 1.77. The zero-order valence-corrected chi connectivity index (χ0v) is 17.9. The first-order valence-electron chi connectivity index (χ1n) is 7.97. The van der Waals surface area contributed by atoms with E-state index >= 15 is 0 Å². The summed E-state index contributed by atoms with van der Waals surface area (Å²) >= 11 is 14.5. The van der Waals surface area contributed by atoms with Crippen LogP contribution in [0.25, 0.3) is 0 Å². The third-order valence-electron chi connectivity index (χ3n) is 3.44. The summed E-state index contributed by atoms with van der Waals surface area (Å²) in [7, 11) is 1.62. The number of rotatable bonds is 7. The highest BCUT2D eigenvalue weighted by Crippen LogP contribution is 2.31. The van der Waals surface area contributed by atoms with Gasteiger partial charge in [-0.1, -0.05) is 46.3 Å². The minimum Gasteiger partial charge on any atom is -0.497 e. The minimum atomic E-state index is -0.421. The summed E-state index contributed by atoms with van der Waals surface area (Å²) in [5.41, 5.74) is 0.864. The number of carbonyl (C=O) groups is 1. The molecule has 28 heavy (non-hydrogen) atoms. The average molecular weight is 456 g/mol. The molecule has 0 aliphatic heterocycles. The minimum absolute atomic E-state index is 0.249. The fourth-order valence-electron chi connectivity index (χ4n) is 2.04. The largest absolute Gasteiger partial charge is 0.497 e. The highest BCUT2D eigenvalue weighted by Gasteiger charge is 2.19. The molecular formula is C17H15Cl2N5O2S2. The van der Waals surface area contributed by atoms with Gasteiger partial charge in [-0.2, -0.15) is 0 Å². The summed E-state index contributed by atoms with van der Waals surface area (Å²) in [6, 6.07) is 8.98. The van der Waals surface area contributed by atoms with E-state index in [4.69, 9.17) is 27.9 Å². The zero-order valence-electron chi connectivity index (χ0n) is 14.8. The molecule has 0 saturated carbocycles. The SMILES string of the molecule is COc1ccc(Nc2nnc(SC(C)C(=O)Nc3ncc(Cl)cc3Cl)s2)cc1. The summed E-state index contributed by atoms with van der Waals surface area (Å²) in [4.78, 5) is 16.4. The number of halogens is 2. The van der Waals surface area contributed by atoms with Crippen molar-refractivity contribution in [3.8, 4) is 5.75 Å². The van der Waals surface area contributed by atoms with Crippen molar-refractivity contribution in [2.45, 2.75) is 16.5 Å². The molecule has 146 valence electrons. The van der Waals surface area contributed by atoms with Crippen LogP contribution in [0, 0.1) is 0 Å². The van der Waals surface area contributed by atoms with Crippen LogP contribution in [0.2, 0.25) is 10.0 Å². The number of pyridine rings is 1. The van der Waals surface area contributed by atoms with Crippen LogP contribution in [-0.2, 0) is 4.79 Å². The molecule has 0 fully saturated rings. The highest BCUT2D eigenvalue weighted by molar-refractivity contribution is 8.02. The van der Waals surface area contributed by atoms with Crippen molar-refractivity contribution in [1.29, 1.82) is 0 Å². The lowest BCUT2D eigenvalue weighted by Gasteiger charge is -2.10. The quantitative estimate of drug-likeness (QED) is 0.478. The van der Waals surface area contributed by atoms with Crippen LogP contribution in [0.5, 0.6) is 5.75 Å². The molecule has 2 aromatic heterocycles. The van der Waals surface area contributed by atoms with E-state index in [2.05, 4.69) is 25.8 Å². The smallest absolute Gasteiger partial charge is 0.238 e. The molecule has 0 bridgehead atoms. The average Bonchev–Trinajstić information content (AvgIpc) is 3.11. The Morgan fingerprint density at radius 1 is 1.25 bits per heavy atom. The van der Waals surface area contributed by atoms with Crippen LogP contribution in [0.15, 0.2) is 40.9 Å². The monoisotopic (exact) mass is 455 g/mol. The first kappa shape index (κ1) is 20.7. The summed E-state index contributed by atoms with van der Waals surface area (Å²) < 4.78 is 5.79. The van der Waals surface area contributed by atoms with Crippen molar-refractivity contribution in [3.63, 3.8) is 0 Å². The second kappa shape index (κ2) is 9.42. The second-order valence-corrected chi connectivity index (χ2v) is 8.87. The topological polar surface area (TPSA) is 89.0 Å². The first-order valence-corrected chi connectivity index (χ1v) is 10.4. The van der Waals surface area contributed by atoms with Crippen LogP contribution < -0.4 is 15.4 Å². The summed E-state index contributed by atoms with van der Waals surface area (Å²) in [6.07, 6.45) is 1.42. The van der Waals surface area contributed by atoms with E-state index in [9.17, 15) is 4.79 Å². The Kier molecular flexibility index (Phi) is 6.95. The van der Waals surface area contributed by atoms with Gasteiger partial charge in [-0.05, 0) is 37.3 Å². The van der Waals surface area contributed by atoms with Gasteiger partial charge in [0.2, 0.25) is 11.0 Å². The molecule has 7 nitrogen and oxygen atoms in total. The van der Waals surface area contributed by atoms with Gasteiger partial charge in [-0.3, -0.25) is 4.79 Å². The Balaban J connectivity index is 1.58. The molecule has 2 heterocycles. The van der Waals surface area contributed by atoms with Gasteiger partial charge in [-0.25, -0.2) is 4.98 Å². The number of aromatic nitrogens is 3. The molecule has 0 radical (unpaired) electrons. The normalized spacial score (nSPS) is 11.7. The van der Waals surface area contributed by atoms with Crippen molar-refractivity contribution in [2.24, 2.45) is 0 Å². The Bertz CT molecular complexity index is 968. The number of nitrogens with one attached hydrogen (secondary N) is 2. The molecule has 1 amide bonds. The maximum absolute atomic E-state index is 12.4. The molecule has 3 rings (SSSR count). The van der Waals surface area contributed by atoms with Crippen molar-refractivity contribution >= 4 is 68.8 Å². The summed E-state index contributed by atoms with van der Waals surface area (Å²) in [5.74, 6) is 0.790. The number of benzene rings is 1. The third-order valence-corrected chi connectivity index (χ3v) is 5.96. The lowest BCUT2D eigenvalue weighted by atomic mass is 10.3. The Hall–Kier alpha value is -2.07. The molecule has 0 saturated heterocycles. The van der Waals surface area contributed by atoms with Gasteiger partial charge in [0.25, 0.3) is 0 Å².